The Morgan fingerprint density at radius 1 is 0.595 bits per heavy atom. The van der Waals surface area contributed by atoms with Crippen molar-refractivity contribution in [1.82, 2.24) is 0 Å². The molecule has 0 aliphatic heterocycles. The number of para-hydroxylation sites is 1. The fraction of sp³-hybridized carbons (Fsp3) is 0.667. The van der Waals surface area contributed by atoms with Gasteiger partial charge in [0.1, 0.15) is 5.75 Å². The van der Waals surface area contributed by atoms with Crippen LogP contribution in [0.15, 0.2) is 48.5 Å². The van der Waals surface area contributed by atoms with E-state index < -0.39 is 0 Å². The Bertz CT molecular complexity index is 919. The zero-order valence-electron chi connectivity index (χ0n) is 27.5. The summed E-state index contributed by atoms with van der Waals surface area (Å²) in [5.41, 5.74) is 2.78. The molecule has 0 N–H and O–H groups in total. The first-order valence-corrected chi connectivity index (χ1v) is 17.7. The molecule has 2 aromatic carbocycles. The number of rotatable bonds is 26. The molecule has 0 saturated carbocycles. The van der Waals surface area contributed by atoms with E-state index in [-0.39, 0.29) is 12.1 Å². The molecule has 2 aromatic rings. The van der Waals surface area contributed by atoms with Gasteiger partial charge in [0.25, 0.3) is 0 Å². The zero-order chi connectivity index (χ0) is 30.1. The second kappa shape index (κ2) is 24.3. The summed E-state index contributed by atoms with van der Waals surface area (Å²) in [6.45, 7) is 7.39. The van der Waals surface area contributed by atoms with E-state index in [0.717, 1.165) is 37.0 Å². The van der Waals surface area contributed by atoms with Crippen LogP contribution in [0, 0.1) is 0 Å². The standard InChI is InChI=1S/C39H62O3/c1-4-6-8-10-11-12-13-14-15-16-17-18-19-20-21-25-33-41-34(3)35-29-31-37(32-30-35)39(40)42-38-28-24-23-27-36(38)26-22-9-7-5-2/h23-24,27-32,34H,4-22,25-26,33H2,1-3H3. The van der Waals surface area contributed by atoms with Crippen LogP contribution in [0.4, 0.5) is 0 Å². The number of esters is 1. The maximum Gasteiger partial charge on any atom is 0.343 e. The molecule has 0 bridgehead atoms. The highest BCUT2D eigenvalue weighted by atomic mass is 16.5. The first-order valence-electron chi connectivity index (χ1n) is 17.7. The maximum absolute atomic E-state index is 12.8. The van der Waals surface area contributed by atoms with Crippen molar-refractivity contribution in [3.05, 3.63) is 65.2 Å². The number of unbranched alkanes of at least 4 members (excludes halogenated alkanes) is 18. The van der Waals surface area contributed by atoms with Gasteiger partial charge in [-0.25, -0.2) is 4.79 Å². The number of hydrogen-bond acceptors (Lipinski definition) is 3. The van der Waals surface area contributed by atoms with Crippen molar-refractivity contribution in [2.45, 2.75) is 162 Å². The van der Waals surface area contributed by atoms with Gasteiger partial charge in [0.15, 0.2) is 0 Å². The van der Waals surface area contributed by atoms with Crippen LogP contribution >= 0.6 is 0 Å². The largest absolute Gasteiger partial charge is 0.423 e. The molecule has 0 aliphatic rings. The Kier molecular flexibility index (Phi) is 20.9. The third-order valence-electron chi connectivity index (χ3n) is 8.46. The van der Waals surface area contributed by atoms with Crippen LogP contribution in [0.5, 0.6) is 5.75 Å². The van der Waals surface area contributed by atoms with Crippen LogP contribution in [-0.2, 0) is 11.2 Å². The fourth-order valence-corrected chi connectivity index (χ4v) is 5.61. The first kappa shape index (κ1) is 36.1. The molecule has 0 aliphatic carbocycles. The van der Waals surface area contributed by atoms with E-state index in [9.17, 15) is 4.79 Å². The second-order valence-electron chi connectivity index (χ2n) is 12.2. The van der Waals surface area contributed by atoms with Crippen LogP contribution < -0.4 is 4.74 Å². The molecule has 42 heavy (non-hydrogen) atoms. The van der Waals surface area contributed by atoms with Crippen molar-refractivity contribution in [2.75, 3.05) is 6.61 Å². The van der Waals surface area contributed by atoms with Crippen LogP contribution in [0.3, 0.4) is 0 Å². The molecule has 0 aromatic heterocycles. The lowest BCUT2D eigenvalue weighted by Gasteiger charge is -2.14. The number of carbonyl (C=O) groups excluding carboxylic acids is 1. The predicted octanol–water partition coefficient (Wildman–Crippen LogP) is 12.4. The summed E-state index contributed by atoms with van der Waals surface area (Å²) >= 11 is 0. The van der Waals surface area contributed by atoms with Gasteiger partial charge in [0.05, 0.1) is 11.7 Å². The van der Waals surface area contributed by atoms with E-state index in [1.165, 1.54) is 116 Å². The van der Waals surface area contributed by atoms with Crippen molar-refractivity contribution < 1.29 is 14.3 Å². The molecule has 3 nitrogen and oxygen atoms in total. The minimum atomic E-state index is -0.302. The lowest BCUT2D eigenvalue weighted by molar-refractivity contribution is 0.0626. The van der Waals surface area contributed by atoms with Crippen LogP contribution in [-0.4, -0.2) is 12.6 Å². The fourth-order valence-electron chi connectivity index (χ4n) is 5.61. The van der Waals surface area contributed by atoms with E-state index in [2.05, 4.69) is 26.8 Å². The number of ether oxygens (including phenoxy) is 2. The van der Waals surface area contributed by atoms with Gasteiger partial charge in [-0.15, -0.1) is 0 Å². The number of benzene rings is 2. The van der Waals surface area contributed by atoms with Gasteiger partial charge in [-0.05, 0) is 55.5 Å². The van der Waals surface area contributed by atoms with E-state index in [4.69, 9.17) is 9.47 Å². The Balaban J connectivity index is 1.52. The van der Waals surface area contributed by atoms with Crippen molar-refractivity contribution in [1.29, 1.82) is 0 Å². The summed E-state index contributed by atoms with van der Waals surface area (Å²) in [4.78, 5) is 12.8. The third kappa shape index (κ3) is 16.5. The van der Waals surface area contributed by atoms with Gasteiger partial charge < -0.3 is 9.47 Å². The highest BCUT2D eigenvalue weighted by Crippen LogP contribution is 2.23. The lowest BCUT2D eigenvalue weighted by atomic mass is 10.0. The highest BCUT2D eigenvalue weighted by molar-refractivity contribution is 5.91. The second-order valence-corrected chi connectivity index (χ2v) is 12.2. The Morgan fingerprint density at radius 3 is 1.62 bits per heavy atom. The molecular weight excluding hydrogens is 516 g/mol. The molecule has 0 saturated heterocycles. The quantitative estimate of drug-likeness (QED) is 0.0632. The smallest absolute Gasteiger partial charge is 0.343 e. The molecule has 1 unspecified atom stereocenters. The van der Waals surface area contributed by atoms with Crippen LogP contribution in [0.2, 0.25) is 0 Å². The number of carbonyl (C=O) groups is 1. The van der Waals surface area contributed by atoms with Gasteiger partial charge in [0, 0.05) is 6.61 Å². The monoisotopic (exact) mass is 578 g/mol. The summed E-state index contributed by atoms with van der Waals surface area (Å²) < 4.78 is 11.9. The molecule has 2 rings (SSSR count). The van der Waals surface area contributed by atoms with Gasteiger partial charge in [-0.3, -0.25) is 0 Å². The zero-order valence-corrected chi connectivity index (χ0v) is 27.5. The van der Waals surface area contributed by atoms with Crippen molar-refractivity contribution >= 4 is 5.97 Å². The molecular formula is C39H62O3. The van der Waals surface area contributed by atoms with Crippen molar-refractivity contribution in [3.8, 4) is 5.75 Å². The van der Waals surface area contributed by atoms with Gasteiger partial charge >= 0.3 is 5.97 Å². The molecule has 0 amide bonds. The predicted molar refractivity (Wildman–Crippen MR) is 180 cm³/mol. The molecule has 236 valence electrons. The van der Waals surface area contributed by atoms with E-state index in [1.807, 2.05) is 42.5 Å². The van der Waals surface area contributed by atoms with Gasteiger partial charge in [0.2, 0.25) is 0 Å². The molecule has 3 heteroatoms. The average molecular weight is 579 g/mol. The van der Waals surface area contributed by atoms with E-state index in [1.54, 1.807) is 0 Å². The Morgan fingerprint density at radius 2 is 1.07 bits per heavy atom. The molecule has 0 radical (unpaired) electrons. The summed E-state index contributed by atoms with van der Waals surface area (Å²) in [6, 6.07) is 15.6. The van der Waals surface area contributed by atoms with Gasteiger partial charge in [-0.1, -0.05) is 160 Å². The minimum absolute atomic E-state index is 0.0234. The molecule has 0 spiro atoms. The lowest BCUT2D eigenvalue weighted by Crippen LogP contribution is -2.10. The molecule has 0 heterocycles. The van der Waals surface area contributed by atoms with Gasteiger partial charge in [-0.2, -0.15) is 0 Å². The summed E-state index contributed by atoms with van der Waals surface area (Å²) in [5, 5.41) is 0. The van der Waals surface area contributed by atoms with Crippen LogP contribution in [0.1, 0.15) is 177 Å². The highest BCUT2D eigenvalue weighted by Gasteiger charge is 2.13. The molecule has 0 fully saturated rings. The van der Waals surface area contributed by atoms with E-state index >= 15 is 0 Å². The topological polar surface area (TPSA) is 35.5 Å². The minimum Gasteiger partial charge on any atom is -0.423 e. The summed E-state index contributed by atoms with van der Waals surface area (Å²) in [7, 11) is 0. The third-order valence-corrected chi connectivity index (χ3v) is 8.46. The average Bonchev–Trinajstić information content (AvgIpc) is 3.01. The molecule has 1 atom stereocenters. The van der Waals surface area contributed by atoms with Crippen molar-refractivity contribution in [2.24, 2.45) is 0 Å². The Labute approximate surface area is 259 Å². The Hall–Kier alpha value is -2.13. The summed E-state index contributed by atoms with van der Waals surface area (Å²) in [6.07, 6.45) is 27.8. The maximum atomic E-state index is 12.8. The first-order chi connectivity index (χ1) is 20.7. The van der Waals surface area contributed by atoms with Crippen LogP contribution in [0.25, 0.3) is 0 Å². The normalized spacial score (nSPS) is 12.0. The number of aryl methyl sites for hydroxylation is 1. The summed E-state index contributed by atoms with van der Waals surface area (Å²) in [5.74, 6) is 0.378. The van der Waals surface area contributed by atoms with E-state index in [0.29, 0.717) is 11.3 Å². The van der Waals surface area contributed by atoms with Crippen molar-refractivity contribution in [3.63, 3.8) is 0 Å². The number of hydrogen-bond donors (Lipinski definition) is 0. The SMILES string of the molecule is CCCCCCCCCCCCCCCCCCOC(C)c1ccc(C(=O)Oc2ccccc2CCCCCC)cc1.